The van der Waals surface area contributed by atoms with Crippen LogP contribution in [-0.4, -0.2) is 0 Å². The molecule has 0 heterocycles. The van der Waals surface area contributed by atoms with Gasteiger partial charge in [-0.15, -0.1) is 0 Å². The highest BCUT2D eigenvalue weighted by Gasteiger charge is 2.07. The molecule has 0 aliphatic rings. The van der Waals surface area contributed by atoms with E-state index >= 15 is 0 Å². The lowest BCUT2D eigenvalue weighted by Crippen LogP contribution is -1.83. The molecule has 138 valence electrons. The van der Waals surface area contributed by atoms with Crippen molar-refractivity contribution in [2.75, 3.05) is 0 Å². The molecule has 0 heteroatoms. The van der Waals surface area contributed by atoms with E-state index in [4.69, 9.17) is 0 Å². The standard InChI is InChI=1S/C30H18/c1-2-7-21-16-29-22(13-20(21)6-1)11-12-24-15-25-17-28-23(14-26(25)18-30(24)29)10-9-19-5-3-4-8-27(19)28/h1-18H. The Morgan fingerprint density at radius 1 is 0.233 bits per heavy atom. The topological polar surface area (TPSA) is 0 Å². The van der Waals surface area contributed by atoms with Gasteiger partial charge in [0.25, 0.3) is 0 Å². The summed E-state index contributed by atoms with van der Waals surface area (Å²) in [6.07, 6.45) is 0. The average molecular weight is 378 g/mol. The quantitative estimate of drug-likeness (QED) is 0.183. The van der Waals surface area contributed by atoms with Gasteiger partial charge in [-0.05, 0) is 101 Å². The summed E-state index contributed by atoms with van der Waals surface area (Å²) in [5, 5.41) is 15.7. The van der Waals surface area contributed by atoms with Crippen LogP contribution in [0.1, 0.15) is 0 Å². The SMILES string of the molecule is c1ccc2cc3c(ccc4cc5cc6c(ccc7ccccc76)cc5cc43)cc2c1. The van der Waals surface area contributed by atoms with Gasteiger partial charge in [-0.25, -0.2) is 0 Å². The fraction of sp³-hybridized carbons (Fsp3) is 0. The third-order valence-electron chi connectivity index (χ3n) is 6.52. The summed E-state index contributed by atoms with van der Waals surface area (Å²) in [6, 6.07) is 40.3. The molecule has 0 saturated heterocycles. The Bertz CT molecular complexity index is 1780. The Kier molecular flexibility index (Phi) is 3.09. The van der Waals surface area contributed by atoms with Crippen LogP contribution in [0.4, 0.5) is 0 Å². The van der Waals surface area contributed by atoms with E-state index in [1.54, 1.807) is 0 Å². The molecule has 0 radical (unpaired) electrons. The van der Waals surface area contributed by atoms with Crippen LogP contribution in [0.5, 0.6) is 0 Å². The molecule has 0 saturated carbocycles. The minimum Gasteiger partial charge on any atom is -0.0616 e. The number of fused-ring (bicyclic) bond motifs is 8. The first-order valence-electron chi connectivity index (χ1n) is 10.4. The molecule has 0 unspecified atom stereocenters. The van der Waals surface area contributed by atoms with Gasteiger partial charge < -0.3 is 0 Å². The first kappa shape index (κ1) is 16.0. The van der Waals surface area contributed by atoms with Crippen LogP contribution in [0.15, 0.2) is 109 Å². The van der Waals surface area contributed by atoms with E-state index in [1.165, 1.54) is 64.6 Å². The summed E-state index contributed by atoms with van der Waals surface area (Å²) in [6.45, 7) is 0. The lowest BCUT2D eigenvalue weighted by atomic mass is 9.94. The van der Waals surface area contributed by atoms with Crippen molar-refractivity contribution in [3.8, 4) is 0 Å². The summed E-state index contributed by atoms with van der Waals surface area (Å²) in [5.74, 6) is 0. The zero-order valence-corrected chi connectivity index (χ0v) is 16.4. The van der Waals surface area contributed by atoms with E-state index in [0.717, 1.165) is 0 Å². The normalized spacial score (nSPS) is 12.0. The number of rotatable bonds is 0. The molecular formula is C30H18. The molecule has 7 aromatic carbocycles. The lowest BCUT2D eigenvalue weighted by Gasteiger charge is -2.10. The second-order valence-electron chi connectivity index (χ2n) is 8.27. The Labute approximate surface area is 174 Å². The number of benzene rings is 7. The van der Waals surface area contributed by atoms with Gasteiger partial charge in [0.1, 0.15) is 0 Å². The molecular weight excluding hydrogens is 360 g/mol. The molecule has 0 nitrogen and oxygen atoms in total. The van der Waals surface area contributed by atoms with Crippen molar-refractivity contribution >= 4 is 64.6 Å². The maximum atomic E-state index is 2.37. The monoisotopic (exact) mass is 378 g/mol. The molecule has 0 aromatic heterocycles. The van der Waals surface area contributed by atoms with Gasteiger partial charge in [0.15, 0.2) is 0 Å². The van der Waals surface area contributed by atoms with Gasteiger partial charge in [0, 0.05) is 0 Å². The van der Waals surface area contributed by atoms with Crippen molar-refractivity contribution < 1.29 is 0 Å². The van der Waals surface area contributed by atoms with Gasteiger partial charge in [-0.2, -0.15) is 0 Å². The van der Waals surface area contributed by atoms with Gasteiger partial charge in [-0.1, -0.05) is 72.8 Å². The third kappa shape index (κ3) is 2.22. The van der Waals surface area contributed by atoms with E-state index in [9.17, 15) is 0 Å². The van der Waals surface area contributed by atoms with Crippen molar-refractivity contribution in [2.45, 2.75) is 0 Å². The van der Waals surface area contributed by atoms with Crippen molar-refractivity contribution in [1.82, 2.24) is 0 Å². The van der Waals surface area contributed by atoms with E-state index in [-0.39, 0.29) is 0 Å². The van der Waals surface area contributed by atoms with Crippen LogP contribution in [0.2, 0.25) is 0 Å². The van der Waals surface area contributed by atoms with Gasteiger partial charge >= 0.3 is 0 Å². The predicted molar refractivity (Wildman–Crippen MR) is 131 cm³/mol. The van der Waals surface area contributed by atoms with Crippen LogP contribution in [0.3, 0.4) is 0 Å². The lowest BCUT2D eigenvalue weighted by molar-refractivity contribution is 1.78. The molecule has 30 heavy (non-hydrogen) atoms. The van der Waals surface area contributed by atoms with E-state index in [0.29, 0.717) is 0 Å². The van der Waals surface area contributed by atoms with Crippen LogP contribution >= 0.6 is 0 Å². The average Bonchev–Trinajstić information content (AvgIpc) is 2.80. The summed E-state index contributed by atoms with van der Waals surface area (Å²) in [5.41, 5.74) is 0. The molecule has 0 amide bonds. The Morgan fingerprint density at radius 2 is 0.633 bits per heavy atom. The maximum Gasteiger partial charge on any atom is -0.00988 e. The first-order chi connectivity index (χ1) is 14.8. The molecule has 0 bridgehead atoms. The smallest absolute Gasteiger partial charge is 0.00988 e. The Hall–Kier alpha value is -3.90. The van der Waals surface area contributed by atoms with E-state index in [2.05, 4.69) is 109 Å². The van der Waals surface area contributed by atoms with Crippen LogP contribution < -0.4 is 0 Å². The van der Waals surface area contributed by atoms with Gasteiger partial charge in [0.2, 0.25) is 0 Å². The van der Waals surface area contributed by atoms with Crippen molar-refractivity contribution in [3.63, 3.8) is 0 Å². The van der Waals surface area contributed by atoms with Crippen LogP contribution in [-0.2, 0) is 0 Å². The molecule has 0 aliphatic heterocycles. The zero-order valence-electron chi connectivity index (χ0n) is 16.4. The molecule has 7 rings (SSSR count). The fourth-order valence-corrected chi connectivity index (χ4v) is 5.00. The number of hydrogen-bond donors (Lipinski definition) is 0. The van der Waals surface area contributed by atoms with Crippen molar-refractivity contribution in [3.05, 3.63) is 109 Å². The Balaban J connectivity index is 1.61. The highest BCUT2D eigenvalue weighted by molar-refractivity contribution is 6.18. The molecule has 7 aromatic rings. The molecule has 0 aliphatic carbocycles. The highest BCUT2D eigenvalue weighted by Crippen LogP contribution is 2.35. The second kappa shape index (κ2) is 5.81. The predicted octanol–water partition coefficient (Wildman–Crippen LogP) is 8.61. The minimum absolute atomic E-state index is 1.29. The Morgan fingerprint density at radius 3 is 1.27 bits per heavy atom. The molecule has 0 fully saturated rings. The third-order valence-corrected chi connectivity index (χ3v) is 6.52. The highest BCUT2D eigenvalue weighted by atomic mass is 14.1. The second-order valence-corrected chi connectivity index (χ2v) is 8.27. The zero-order chi connectivity index (χ0) is 19.7. The summed E-state index contributed by atoms with van der Waals surface area (Å²) >= 11 is 0. The molecule has 0 spiro atoms. The van der Waals surface area contributed by atoms with Gasteiger partial charge in [0.05, 0.1) is 0 Å². The van der Waals surface area contributed by atoms with E-state index < -0.39 is 0 Å². The van der Waals surface area contributed by atoms with Crippen molar-refractivity contribution in [1.29, 1.82) is 0 Å². The minimum atomic E-state index is 1.29. The van der Waals surface area contributed by atoms with Gasteiger partial charge in [-0.3, -0.25) is 0 Å². The molecule has 0 atom stereocenters. The fourth-order valence-electron chi connectivity index (χ4n) is 5.00. The largest absolute Gasteiger partial charge is 0.0616 e. The van der Waals surface area contributed by atoms with E-state index in [1.807, 2.05) is 0 Å². The first-order valence-corrected chi connectivity index (χ1v) is 10.4. The van der Waals surface area contributed by atoms with Crippen molar-refractivity contribution in [2.24, 2.45) is 0 Å². The summed E-state index contributed by atoms with van der Waals surface area (Å²) in [7, 11) is 0. The number of hydrogen-bond acceptors (Lipinski definition) is 0. The summed E-state index contributed by atoms with van der Waals surface area (Å²) < 4.78 is 0. The van der Waals surface area contributed by atoms with Crippen LogP contribution in [0.25, 0.3) is 64.6 Å². The van der Waals surface area contributed by atoms with Crippen LogP contribution in [0, 0.1) is 0 Å². The molecule has 0 N–H and O–H groups in total. The summed E-state index contributed by atoms with van der Waals surface area (Å²) in [4.78, 5) is 0. The maximum absolute atomic E-state index is 2.37.